The van der Waals surface area contributed by atoms with Gasteiger partial charge in [0, 0.05) is 0 Å². The molecule has 0 aliphatic carbocycles. The molecule has 0 atom stereocenters. The summed E-state index contributed by atoms with van der Waals surface area (Å²) < 4.78 is 9.05. The molecule has 0 amide bonds. The number of esters is 1. The number of anilines is 1. The van der Waals surface area contributed by atoms with Gasteiger partial charge in [0.2, 0.25) is 5.88 Å². The summed E-state index contributed by atoms with van der Waals surface area (Å²) in [5, 5.41) is 8.53. The van der Waals surface area contributed by atoms with Crippen LogP contribution in [-0.2, 0) is 4.74 Å². The van der Waals surface area contributed by atoms with Gasteiger partial charge in [0.25, 0.3) is 0 Å². The zero-order valence-corrected chi connectivity index (χ0v) is 6.33. The van der Waals surface area contributed by atoms with Crippen LogP contribution < -0.4 is 5.73 Å². The maximum absolute atomic E-state index is 10.9. The third-order valence-electron chi connectivity index (χ3n) is 1.34. The van der Waals surface area contributed by atoms with Gasteiger partial charge in [0.1, 0.15) is 23.5 Å². The van der Waals surface area contributed by atoms with E-state index < -0.39 is 5.97 Å². The monoisotopic (exact) mass is 166 g/mol. The largest absolute Gasteiger partial charge is 0.465 e. The van der Waals surface area contributed by atoms with E-state index in [2.05, 4.69) is 9.15 Å². The van der Waals surface area contributed by atoms with Crippen LogP contribution >= 0.6 is 0 Å². The van der Waals surface area contributed by atoms with Gasteiger partial charge >= 0.3 is 5.97 Å². The quantitative estimate of drug-likeness (QED) is 0.614. The number of nitrogens with zero attached hydrogens (tertiary/aromatic N) is 1. The number of ether oxygens (including phenoxy) is 1. The second-order valence-corrected chi connectivity index (χ2v) is 1.99. The average molecular weight is 166 g/mol. The van der Waals surface area contributed by atoms with E-state index in [-0.39, 0.29) is 17.0 Å². The minimum Gasteiger partial charge on any atom is -0.465 e. The van der Waals surface area contributed by atoms with Crippen molar-refractivity contribution in [2.24, 2.45) is 0 Å². The van der Waals surface area contributed by atoms with Crippen molar-refractivity contribution >= 4 is 11.9 Å². The Morgan fingerprint density at radius 1 is 1.83 bits per heavy atom. The lowest BCUT2D eigenvalue weighted by atomic mass is 10.2. The minimum atomic E-state index is -0.632. The van der Waals surface area contributed by atoms with E-state index in [0.29, 0.717) is 0 Å². The topological polar surface area (TPSA) is 89.2 Å². The Balaban J connectivity index is 3.18. The molecule has 0 saturated carbocycles. The van der Waals surface area contributed by atoms with Crippen molar-refractivity contribution < 1.29 is 13.9 Å². The summed E-state index contributed by atoms with van der Waals surface area (Å²) in [6.45, 7) is 0. The number of nitriles is 1. The van der Waals surface area contributed by atoms with Crippen molar-refractivity contribution in [3.63, 3.8) is 0 Å². The van der Waals surface area contributed by atoms with E-state index in [4.69, 9.17) is 11.0 Å². The van der Waals surface area contributed by atoms with E-state index in [0.717, 1.165) is 6.26 Å². The molecule has 1 rings (SSSR count). The number of carbonyl (C=O) groups excluding carboxylic acids is 1. The first kappa shape index (κ1) is 8.14. The Labute approximate surface area is 68.3 Å². The number of rotatable bonds is 1. The van der Waals surface area contributed by atoms with Crippen molar-refractivity contribution in [1.29, 1.82) is 5.26 Å². The third-order valence-corrected chi connectivity index (χ3v) is 1.34. The van der Waals surface area contributed by atoms with Crippen LogP contribution in [-0.4, -0.2) is 13.1 Å². The van der Waals surface area contributed by atoms with Crippen LogP contribution in [0, 0.1) is 11.3 Å². The van der Waals surface area contributed by atoms with E-state index in [1.54, 1.807) is 6.07 Å². The summed E-state index contributed by atoms with van der Waals surface area (Å²) in [7, 11) is 1.21. The van der Waals surface area contributed by atoms with Crippen molar-refractivity contribution in [1.82, 2.24) is 0 Å². The first-order chi connectivity index (χ1) is 5.70. The number of hydrogen-bond acceptors (Lipinski definition) is 5. The molecule has 1 aromatic heterocycles. The van der Waals surface area contributed by atoms with Crippen LogP contribution in [0.5, 0.6) is 0 Å². The Bertz CT molecular complexity index is 348. The summed E-state index contributed by atoms with van der Waals surface area (Å²) in [5.74, 6) is -0.704. The lowest BCUT2D eigenvalue weighted by Crippen LogP contribution is -2.02. The standard InChI is InChI=1S/C7H6N2O3/c1-11-7(10)5-3-12-6(9)4(5)2-8/h3H,9H2,1H3. The van der Waals surface area contributed by atoms with Gasteiger partial charge in [-0.05, 0) is 0 Å². The lowest BCUT2D eigenvalue weighted by molar-refractivity contribution is 0.0599. The average Bonchev–Trinajstić information content (AvgIpc) is 2.45. The Hall–Kier alpha value is -1.96. The van der Waals surface area contributed by atoms with E-state index in [1.165, 1.54) is 7.11 Å². The van der Waals surface area contributed by atoms with Crippen molar-refractivity contribution in [3.8, 4) is 6.07 Å². The third kappa shape index (κ3) is 1.10. The number of hydrogen-bond donors (Lipinski definition) is 1. The fraction of sp³-hybridized carbons (Fsp3) is 0.143. The maximum atomic E-state index is 10.9. The summed E-state index contributed by atoms with van der Waals surface area (Å²) in [5.41, 5.74) is 5.32. The molecule has 1 aromatic rings. The van der Waals surface area contributed by atoms with Gasteiger partial charge in [-0.25, -0.2) is 4.79 Å². The lowest BCUT2D eigenvalue weighted by Gasteiger charge is -1.92. The molecule has 5 nitrogen and oxygen atoms in total. The smallest absolute Gasteiger partial charge is 0.342 e. The van der Waals surface area contributed by atoms with E-state index >= 15 is 0 Å². The molecular weight excluding hydrogens is 160 g/mol. The zero-order valence-electron chi connectivity index (χ0n) is 6.33. The molecule has 0 aromatic carbocycles. The van der Waals surface area contributed by atoms with Gasteiger partial charge in [-0.1, -0.05) is 0 Å². The van der Waals surface area contributed by atoms with E-state index in [1.807, 2.05) is 0 Å². The van der Waals surface area contributed by atoms with Crippen molar-refractivity contribution in [3.05, 3.63) is 17.4 Å². The van der Waals surface area contributed by atoms with Gasteiger partial charge in [0.05, 0.1) is 7.11 Å². The highest BCUT2D eigenvalue weighted by atomic mass is 16.5. The van der Waals surface area contributed by atoms with Gasteiger partial charge in [-0.2, -0.15) is 5.26 Å². The SMILES string of the molecule is COC(=O)c1coc(N)c1C#N. The number of carbonyl (C=O) groups is 1. The van der Waals surface area contributed by atoms with Crippen LogP contribution in [0.2, 0.25) is 0 Å². The molecule has 0 saturated heterocycles. The number of nitrogens with two attached hydrogens (primary N) is 1. The second-order valence-electron chi connectivity index (χ2n) is 1.99. The summed E-state index contributed by atoms with van der Waals surface area (Å²) >= 11 is 0. The highest BCUT2D eigenvalue weighted by molar-refractivity contribution is 5.93. The molecule has 2 N–H and O–H groups in total. The summed E-state index contributed by atoms with van der Waals surface area (Å²) in [4.78, 5) is 10.9. The Morgan fingerprint density at radius 3 is 3.00 bits per heavy atom. The van der Waals surface area contributed by atoms with Crippen molar-refractivity contribution in [2.45, 2.75) is 0 Å². The molecule has 0 unspecified atom stereocenters. The highest BCUT2D eigenvalue weighted by Gasteiger charge is 2.17. The predicted molar refractivity (Wildman–Crippen MR) is 39.2 cm³/mol. The zero-order chi connectivity index (χ0) is 9.14. The molecule has 0 radical (unpaired) electrons. The normalized spacial score (nSPS) is 9.00. The number of nitrogen functional groups attached to an aromatic ring is 1. The predicted octanol–water partition coefficient (Wildman–Crippen LogP) is 0.520. The fourth-order valence-corrected chi connectivity index (χ4v) is 0.748. The molecule has 0 aliphatic heterocycles. The minimum absolute atomic E-state index is 0.0156. The summed E-state index contributed by atoms with van der Waals surface area (Å²) in [6.07, 6.45) is 1.10. The van der Waals surface area contributed by atoms with Crippen LogP contribution in [0.3, 0.4) is 0 Å². The van der Waals surface area contributed by atoms with Crippen LogP contribution in [0.25, 0.3) is 0 Å². The van der Waals surface area contributed by atoms with E-state index in [9.17, 15) is 4.79 Å². The fourth-order valence-electron chi connectivity index (χ4n) is 0.748. The van der Waals surface area contributed by atoms with Gasteiger partial charge in [-0.15, -0.1) is 0 Å². The van der Waals surface area contributed by atoms with Gasteiger partial charge < -0.3 is 14.9 Å². The number of methoxy groups -OCH3 is 1. The molecule has 5 heteroatoms. The Morgan fingerprint density at radius 2 is 2.50 bits per heavy atom. The molecule has 62 valence electrons. The summed E-state index contributed by atoms with van der Waals surface area (Å²) in [6, 6.07) is 1.74. The molecular formula is C7H6N2O3. The van der Waals surface area contributed by atoms with Crippen LogP contribution in [0.15, 0.2) is 10.7 Å². The molecule has 0 fully saturated rings. The molecule has 1 heterocycles. The molecule has 12 heavy (non-hydrogen) atoms. The molecule has 0 bridgehead atoms. The van der Waals surface area contributed by atoms with Gasteiger partial charge in [0.15, 0.2) is 0 Å². The number of furan rings is 1. The highest BCUT2D eigenvalue weighted by Crippen LogP contribution is 2.18. The van der Waals surface area contributed by atoms with Crippen LogP contribution in [0.4, 0.5) is 5.88 Å². The van der Waals surface area contributed by atoms with Crippen molar-refractivity contribution in [2.75, 3.05) is 12.8 Å². The second kappa shape index (κ2) is 2.96. The first-order valence-corrected chi connectivity index (χ1v) is 3.06. The Kier molecular flexibility index (Phi) is 2.01. The first-order valence-electron chi connectivity index (χ1n) is 3.06. The van der Waals surface area contributed by atoms with Crippen LogP contribution in [0.1, 0.15) is 15.9 Å². The molecule has 0 spiro atoms. The van der Waals surface area contributed by atoms with Gasteiger partial charge in [-0.3, -0.25) is 0 Å². The maximum Gasteiger partial charge on any atom is 0.342 e. The molecule has 0 aliphatic rings.